The molecule has 74 valence electrons. The van der Waals surface area contributed by atoms with Crippen LogP contribution in [0.15, 0.2) is 12.3 Å². The summed E-state index contributed by atoms with van der Waals surface area (Å²) in [5.74, 6) is -0.180. The third-order valence-corrected chi connectivity index (χ3v) is 1.50. The molecule has 0 aliphatic carbocycles. The second kappa shape index (κ2) is 4.49. The highest BCUT2D eigenvalue weighted by molar-refractivity contribution is 5.89. The van der Waals surface area contributed by atoms with Crippen LogP contribution in [0, 0.1) is 5.41 Å². The maximum atomic E-state index is 11.2. The molecule has 5 heteroatoms. The van der Waals surface area contributed by atoms with Gasteiger partial charge in [0.25, 0.3) is 0 Å². The van der Waals surface area contributed by atoms with E-state index in [1.165, 1.54) is 12.3 Å². The summed E-state index contributed by atoms with van der Waals surface area (Å²) in [6, 6.07) is 0. The highest BCUT2D eigenvalue weighted by atomic mass is 16.2. The Morgan fingerprint density at radius 3 is 2.46 bits per heavy atom. The van der Waals surface area contributed by atoms with E-state index < -0.39 is 5.54 Å². The van der Waals surface area contributed by atoms with Crippen molar-refractivity contribution in [3.05, 3.63) is 12.3 Å². The first-order chi connectivity index (χ1) is 5.90. The maximum absolute atomic E-state index is 11.2. The Morgan fingerprint density at radius 1 is 1.54 bits per heavy atom. The summed E-state index contributed by atoms with van der Waals surface area (Å²) in [7, 11) is 1.57. The third-order valence-electron chi connectivity index (χ3n) is 1.50. The van der Waals surface area contributed by atoms with E-state index in [1.807, 2.05) is 0 Å². The maximum Gasteiger partial charge on any atom is 0.244 e. The van der Waals surface area contributed by atoms with Gasteiger partial charge in [0.2, 0.25) is 5.91 Å². The van der Waals surface area contributed by atoms with E-state index in [4.69, 9.17) is 11.1 Å². The fraction of sp³-hybridized carbons (Fsp3) is 0.500. The van der Waals surface area contributed by atoms with E-state index in [2.05, 4.69) is 10.6 Å². The van der Waals surface area contributed by atoms with Crippen LogP contribution < -0.4 is 16.4 Å². The van der Waals surface area contributed by atoms with Gasteiger partial charge in [0.05, 0.1) is 0 Å². The molecule has 0 aromatic carbocycles. The van der Waals surface area contributed by atoms with Crippen molar-refractivity contribution in [3.63, 3.8) is 0 Å². The molecule has 13 heavy (non-hydrogen) atoms. The summed E-state index contributed by atoms with van der Waals surface area (Å²) in [6.07, 6.45) is 2.86. The second-order valence-corrected chi connectivity index (χ2v) is 3.14. The van der Waals surface area contributed by atoms with Crippen LogP contribution in [0.5, 0.6) is 0 Å². The quantitative estimate of drug-likeness (QED) is 0.352. The number of nitrogens with two attached hydrogens (primary N) is 1. The van der Waals surface area contributed by atoms with E-state index in [0.29, 0.717) is 0 Å². The van der Waals surface area contributed by atoms with Crippen molar-refractivity contribution in [1.29, 1.82) is 5.41 Å². The van der Waals surface area contributed by atoms with Crippen molar-refractivity contribution in [2.24, 2.45) is 5.73 Å². The van der Waals surface area contributed by atoms with Crippen LogP contribution in [-0.2, 0) is 4.79 Å². The molecule has 0 aliphatic heterocycles. The van der Waals surface area contributed by atoms with Gasteiger partial charge in [-0.1, -0.05) is 0 Å². The molecule has 0 saturated heterocycles. The molecular formula is C8H16N4O. The first-order valence-corrected chi connectivity index (χ1v) is 3.90. The first-order valence-electron chi connectivity index (χ1n) is 3.90. The number of amidine groups is 1. The zero-order valence-electron chi connectivity index (χ0n) is 8.14. The number of carbonyl (C=O) groups excluding carboxylic acids is 1. The van der Waals surface area contributed by atoms with Gasteiger partial charge >= 0.3 is 0 Å². The summed E-state index contributed by atoms with van der Waals surface area (Å²) in [4.78, 5) is 11.2. The van der Waals surface area contributed by atoms with Crippen LogP contribution in [0.25, 0.3) is 0 Å². The molecule has 0 saturated carbocycles. The molecule has 0 unspecified atom stereocenters. The number of hydrogen-bond acceptors (Lipinski definition) is 3. The fourth-order valence-electron chi connectivity index (χ4n) is 0.718. The fourth-order valence-corrected chi connectivity index (χ4v) is 0.718. The predicted molar refractivity (Wildman–Crippen MR) is 52.3 cm³/mol. The lowest BCUT2D eigenvalue weighted by Gasteiger charge is -2.22. The highest BCUT2D eigenvalue weighted by Crippen LogP contribution is 2.00. The van der Waals surface area contributed by atoms with Crippen LogP contribution in [0.4, 0.5) is 0 Å². The second-order valence-electron chi connectivity index (χ2n) is 3.14. The van der Waals surface area contributed by atoms with Gasteiger partial charge in [-0.05, 0) is 19.9 Å². The Morgan fingerprint density at radius 2 is 2.08 bits per heavy atom. The first kappa shape index (κ1) is 11.5. The minimum absolute atomic E-state index is 0.0554. The number of nitrogens with one attached hydrogen (secondary N) is 3. The van der Waals surface area contributed by atoms with E-state index in [0.717, 1.165) is 0 Å². The van der Waals surface area contributed by atoms with Gasteiger partial charge in [-0.25, -0.2) is 0 Å². The zero-order valence-corrected chi connectivity index (χ0v) is 8.14. The van der Waals surface area contributed by atoms with Gasteiger partial charge in [0.1, 0.15) is 11.4 Å². The van der Waals surface area contributed by atoms with Gasteiger partial charge < -0.3 is 16.4 Å². The molecule has 0 heterocycles. The molecule has 0 aromatic heterocycles. The van der Waals surface area contributed by atoms with Gasteiger partial charge in [-0.2, -0.15) is 0 Å². The molecule has 1 amide bonds. The Hall–Kier alpha value is -1.52. The minimum atomic E-state index is -0.694. The summed E-state index contributed by atoms with van der Waals surface area (Å²) >= 11 is 0. The lowest BCUT2D eigenvalue weighted by atomic mass is 10.1. The van der Waals surface area contributed by atoms with Crippen LogP contribution in [-0.4, -0.2) is 24.3 Å². The highest BCUT2D eigenvalue weighted by Gasteiger charge is 2.24. The molecule has 0 aliphatic rings. The third kappa shape index (κ3) is 4.15. The van der Waals surface area contributed by atoms with Crippen molar-refractivity contribution < 1.29 is 4.79 Å². The largest absolute Gasteiger partial charge is 0.384 e. The van der Waals surface area contributed by atoms with E-state index in [1.54, 1.807) is 20.9 Å². The van der Waals surface area contributed by atoms with Crippen molar-refractivity contribution in [2.75, 3.05) is 7.05 Å². The van der Waals surface area contributed by atoms with Gasteiger partial charge in [-0.15, -0.1) is 0 Å². The van der Waals surface area contributed by atoms with E-state index in [9.17, 15) is 4.79 Å². The lowest BCUT2D eigenvalue weighted by molar-refractivity contribution is -0.125. The lowest BCUT2D eigenvalue weighted by Crippen LogP contribution is -2.49. The van der Waals surface area contributed by atoms with Gasteiger partial charge in [0, 0.05) is 13.2 Å². The Balaban J connectivity index is 4.18. The molecule has 5 N–H and O–H groups in total. The summed E-state index contributed by atoms with van der Waals surface area (Å²) in [5.41, 5.74) is 4.39. The molecule has 0 spiro atoms. The van der Waals surface area contributed by atoms with Crippen LogP contribution in [0.2, 0.25) is 0 Å². The van der Waals surface area contributed by atoms with Gasteiger partial charge in [0.15, 0.2) is 0 Å². The Kier molecular flexibility index (Phi) is 3.97. The normalized spacial score (nSPS) is 11.3. The average molecular weight is 184 g/mol. The van der Waals surface area contributed by atoms with Crippen molar-refractivity contribution in [3.8, 4) is 0 Å². The Labute approximate surface area is 77.9 Å². The van der Waals surface area contributed by atoms with Crippen molar-refractivity contribution >= 4 is 11.7 Å². The van der Waals surface area contributed by atoms with Crippen LogP contribution in [0.3, 0.4) is 0 Å². The number of hydrogen-bond donors (Lipinski definition) is 4. The minimum Gasteiger partial charge on any atom is -0.384 e. The molecule has 5 nitrogen and oxygen atoms in total. The molecule has 0 atom stereocenters. The number of carbonyl (C=O) groups is 1. The standard InChI is InChI=1S/C8H16N4O/c1-8(2,7(13)11-3)12-5-4-6(9)10/h4-5,12H,1-3H3,(H3,9,10)(H,11,13)/b5-4-. The molecule has 0 rings (SSSR count). The van der Waals surface area contributed by atoms with Crippen molar-refractivity contribution in [1.82, 2.24) is 10.6 Å². The molecule has 0 aromatic rings. The van der Waals surface area contributed by atoms with Crippen LogP contribution >= 0.6 is 0 Å². The van der Waals surface area contributed by atoms with Gasteiger partial charge in [-0.3, -0.25) is 10.2 Å². The SMILES string of the molecule is CNC(=O)C(C)(C)N/C=C\C(=N)N. The summed E-state index contributed by atoms with van der Waals surface area (Å²) in [6.45, 7) is 3.46. The Bertz CT molecular complexity index is 232. The molecular weight excluding hydrogens is 168 g/mol. The smallest absolute Gasteiger partial charge is 0.244 e. The van der Waals surface area contributed by atoms with E-state index >= 15 is 0 Å². The average Bonchev–Trinajstić information content (AvgIpc) is 2.01. The molecule has 0 bridgehead atoms. The van der Waals surface area contributed by atoms with E-state index in [-0.39, 0.29) is 11.7 Å². The number of rotatable bonds is 4. The van der Waals surface area contributed by atoms with Crippen molar-refractivity contribution in [2.45, 2.75) is 19.4 Å². The summed E-state index contributed by atoms with van der Waals surface area (Å²) in [5, 5.41) is 12.3. The molecule has 0 radical (unpaired) electrons. The summed E-state index contributed by atoms with van der Waals surface area (Å²) < 4.78 is 0. The molecule has 0 fully saturated rings. The zero-order chi connectivity index (χ0) is 10.5. The monoisotopic (exact) mass is 184 g/mol. The predicted octanol–water partition coefficient (Wildman–Crippen LogP) is -0.450. The topological polar surface area (TPSA) is 91.0 Å². The number of likely N-dealkylation sites (N-methyl/N-ethyl adjacent to an activating group) is 1. The van der Waals surface area contributed by atoms with Crippen LogP contribution in [0.1, 0.15) is 13.8 Å². The number of amides is 1.